The normalized spacial score (nSPS) is 18.7. The molecule has 0 aromatic rings. The fourth-order valence-electron chi connectivity index (χ4n) is 4.41. The molecule has 0 radical (unpaired) electrons. The van der Waals surface area contributed by atoms with Crippen molar-refractivity contribution in [2.45, 2.75) is 53.4 Å². The quantitative estimate of drug-likeness (QED) is 0.468. The molecule has 0 aliphatic carbocycles. The van der Waals surface area contributed by atoms with Crippen molar-refractivity contribution in [3.05, 3.63) is 0 Å². The van der Waals surface area contributed by atoms with Crippen LogP contribution in [0.5, 0.6) is 0 Å². The van der Waals surface area contributed by atoms with Crippen molar-refractivity contribution in [2.75, 3.05) is 98.7 Å². The van der Waals surface area contributed by atoms with Gasteiger partial charge in [-0.3, -0.25) is 19.4 Å². The summed E-state index contributed by atoms with van der Waals surface area (Å²) in [6.45, 7) is 21.2. The molecule has 0 saturated carbocycles. The van der Waals surface area contributed by atoms with E-state index in [1.54, 1.807) is 0 Å². The first-order valence-electron chi connectivity index (χ1n) is 13.3. The molecule has 1 N–H and O–H groups in total. The number of likely N-dealkylation sites (N-methyl/N-ethyl adjacent to an activating group) is 1. The number of carbonyl (C=O) groups excluding carboxylic acids is 2. The van der Waals surface area contributed by atoms with Crippen LogP contribution in [0, 0.1) is 0 Å². The van der Waals surface area contributed by atoms with Gasteiger partial charge >= 0.3 is 0 Å². The van der Waals surface area contributed by atoms with Crippen LogP contribution >= 0.6 is 0 Å². The Balaban J connectivity index is 2.70. The lowest BCUT2D eigenvalue weighted by Gasteiger charge is -2.29. The van der Waals surface area contributed by atoms with E-state index in [1.807, 2.05) is 11.9 Å². The lowest BCUT2D eigenvalue weighted by molar-refractivity contribution is -0.131. The van der Waals surface area contributed by atoms with Gasteiger partial charge in [0.1, 0.15) is 0 Å². The van der Waals surface area contributed by atoms with Gasteiger partial charge in [0.2, 0.25) is 11.8 Å². The molecule has 0 aromatic heterocycles. The van der Waals surface area contributed by atoms with Crippen molar-refractivity contribution in [1.29, 1.82) is 0 Å². The second kappa shape index (κ2) is 18.2. The topological polar surface area (TPSA) is 62.4 Å². The third-order valence-corrected chi connectivity index (χ3v) is 6.78. The van der Waals surface area contributed by atoms with Gasteiger partial charge in [-0.05, 0) is 91.1 Å². The Morgan fingerprint density at radius 3 is 1.79 bits per heavy atom. The Kier molecular flexibility index (Phi) is 16.4. The highest BCUT2D eigenvalue weighted by Crippen LogP contribution is 2.03. The molecule has 0 bridgehead atoms. The molecule has 194 valence electrons. The van der Waals surface area contributed by atoms with Crippen molar-refractivity contribution in [2.24, 2.45) is 0 Å². The molecule has 8 heteroatoms. The van der Waals surface area contributed by atoms with Gasteiger partial charge in [0.05, 0.1) is 13.1 Å². The Morgan fingerprint density at radius 1 is 0.758 bits per heavy atom. The van der Waals surface area contributed by atoms with Crippen LogP contribution in [0.2, 0.25) is 0 Å². The number of nitrogens with zero attached hydrogens (tertiary/aromatic N) is 5. The van der Waals surface area contributed by atoms with Crippen LogP contribution in [0.3, 0.4) is 0 Å². The summed E-state index contributed by atoms with van der Waals surface area (Å²) in [5.74, 6) is 0.275. The van der Waals surface area contributed by atoms with E-state index in [-0.39, 0.29) is 11.8 Å². The summed E-state index contributed by atoms with van der Waals surface area (Å²) in [5, 5.41) is 3.04. The summed E-state index contributed by atoms with van der Waals surface area (Å²) in [6, 6.07) is 0. The lowest BCUT2D eigenvalue weighted by atomic mass is 10.2. The largest absolute Gasteiger partial charge is 0.355 e. The predicted octanol–water partition coefficient (Wildman–Crippen LogP) is 1.42. The molecule has 0 atom stereocenters. The number of carbonyl (C=O) groups is 2. The highest BCUT2D eigenvalue weighted by Gasteiger charge is 2.17. The van der Waals surface area contributed by atoms with Crippen molar-refractivity contribution in [3.8, 4) is 0 Å². The Bertz CT molecular complexity index is 525. The second-order valence-electron chi connectivity index (χ2n) is 9.19. The van der Waals surface area contributed by atoms with Gasteiger partial charge in [0.15, 0.2) is 0 Å². The van der Waals surface area contributed by atoms with E-state index in [2.05, 4.69) is 52.6 Å². The number of hydrogen-bond donors (Lipinski definition) is 1. The molecule has 0 spiro atoms. The van der Waals surface area contributed by atoms with Crippen LogP contribution in [0.1, 0.15) is 53.4 Å². The van der Waals surface area contributed by atoms with Crippen LogP contribution < -0.4 is 5.32 Å². The highest BCUT2D eigenvalue weighted by atomic mass is 16.2. The standard InChI is InChI=1S/C25H52N6O2/c1-6-28(7-2)16-11-18-30-19-13-21-31(20-12-17-29(8-3)9-4)23-25(33)27(5)15-10-14-26-24(32)22-30/h6-23H2,1-5H3,(H,26,32). The SMILES string of the molecule is CCN(CC)CCCN1CCCN(CCCN(CC)CC)CC(=O)N(C)CCCNC(=O)C1. The average Bonchev–Trinajstić information content (AvgIpc) is 2.81. The van der Waals surface area contributed by atoms with Crippen molar-refractivity contribution in [1.82, 2.24) is 29.8 Å². The summed E-state index contributed by atoms with van der Waals surface area (Å²) >= 11 is 0. The number of rotatable bonds is 12. The van der Waals surface area contributed by atoms with Crippen molar-refractivity contribution >= 4 is 11.8 Å². The van der Waals surface area contributed by atoms with Gasteiger partial charge < -0.3 is 20.0 Å². The monoisotopic (exact) mass is 468 g/mol. The third-order valence-electron chi connectivity index (χ3n) is 6.78. The maximum atomic E-state index is 12.8. The maximum Gasteiger partial charge on any atom is 0.236 e. The van der Waals surface area contributed by atoms with E-state index in [0.29, 0.717) is 26.2 Å². The zero-order chi connectivity index (χ0) is 24.5. The average molecular weight is 469 g/mol. The van der Waals surface area contributed by atoms with Crippen LogP contribution in [-0.2, 0) is 9.59 Å². The van der Waals surface area contributed by atoms with E-state index >= 15 is 0 Å². The first kappa shape index (κ1) is 29.8. The third kappa shape index (κ3) is 13.3. The molecule has 1 fully saturated rings. The second-order valence-corrected chi connectivity index (χ2v) is 9.19. The number of amides is 2. The van der Waals surface area contributed by atoms with E-state index in [1.165, 1.54) is 0 Å². The van der Waals surface area contributed by atoms with Gasteiger partial charge in [0, 0.05) is 20.1 Å². The minimum Gasteiger partial charge on any atom is -0.355 e. The molecule has 0 unspecified atom stereocenters. The fraction of sp³-hybridized carbons (Fsp3) is 0.920. The van der Waals surface area contributed by atoms with E-state index in [9.17, 15) is 9.59 Å². The summed E-state index contributed by atoms with van der Waals surface area (Å²) in [5.41, 5.74) is 0. The first-order valence-corrected chi connectivity index (χ1v) is 13.3. The summed E-state index contributed by atoms with van der Waals surface area (Å²) in [6.07, 6.45) is 3.92. The molecule has 1 saturated heterocycles. The molecule has 8 nitrogen and oxygen atoms in total. The lowest BCUT2D eigenvalue weighted by Crippen LogP contribution is -2.44. The number of hydrogen-bond acceptors (Lipinski definition) is 6. The molecule has 1 aliphatic rings. The summed E-state index contributed by atoms with van der Waals surface area (Å²) < 4.78 is 0. The molecular formula is C25H52N6O2. The molecule has 1 rings (SSSR count). The minimum absolute atomic E-state index is 0.0972. The summed E-state index contributed by atoms with van der Waals surface area (Å²) in [4.78, 5) is 36.6. The van der Waals surface area contributed by atoms with Crippen LogP contribution in [-0.4, -0.2) is 135 Å². The van der Waals surface area contributed by atoms with Gasteiger partial charge in [-0.25, -0.2) is 0 Å². The molecule has 0 aromatic carbocycles. The van der Waals surface area contributed by atoms with Gasteiger partial charge in [-0.15, -0.1) is 0 Å². The van der Waals surface area contributed by atoms with Crippen molar-refractivity contribution in [3.63, 3.8) is 0 Å². The number of nitrogens with one attached hydrogen (secondary N) is 1. The molecule has 33 heavy (non-hydrogen) atoms. The molecule has 1 heterocycles. The van der Waals surface area contributed by atoms with Crippen LogP contribution in [0.15, 0.2) is 0 Å². The minimum atomic E-state index is 0.0972. The Morgan fingerprint density at radius 2 is 1.27 bits per heavy atom. The first-order chi connectivity index (χ1) is 15.9. The van der Waals surface area contributed by atoms with Crippen molar-refractivity contribution < 1.29 is 9.59 Å². The molecular weight excluding hydrogens is 416 g/mol. The van der Waals surface area contributed by atoms with E-state index < -0.39 is 0 Å². The predicted molar refractivity (Wildman–Crippen MR) is 138 cm³/mol. The zero-order valence-corrected chi connectivity index (χ0v) is 22.3. The smallest absolute Gasteiger partial charge is 0.236 e. The Hall–Kier alpha value is -1.22. The van der Waals surface area contributed by atoms with E-state index in [0.717, 1.165) is 91.1 Å². The summed E-state index contributed by atoms with van der Waals surface area (Å²) in [7, 11) is 1.88. The molecule has 2 amide bonds. The van der Waals surface area contributed by atoms with Gasteiger partial charge in [-0.1, -0.05) is 27.7 Å². The fourth-order valence-corrected chi connectivity index (χ4v) is 4.41. The Labute approximate surface area is 203 Å². The van der Waals surface area contributed by atoms with Gasteiger partial charge in [0.25, 0.3) is 0 Å². The van der Waals surface area contributed by atoms with Crippen LogP contribution in [0.4, 0.5) is 0 Å². The highest BCUT2D eigenvalue weighted by molar-refractivity contribution is 5.78. The van der Waals surface area contributed by atoms with Crippen LogP contribution in [0.25, 0.3) is 0 Å². The zero-order valence-electron chi connectivity index (χ0n) is 22.3. The molecule has 1 aliphatic heterocycles. The van der Waals surface area contributed by atoms with E-state index in [4.69, 9.17) is 0 Å². The maximum absolute atomic E-state index is 12.8. The van der Waals surface area contributed by atoms with Gasteiger partial charge in [-0.2, -0.15) is 0 Å².